The normalized spacial score (nSPS) is 30.5. The molecule has 0 radical (unpaired) electrons. The van der Waals surface area contributed by atoms with Crippen LogP contribution in [0.5, 0.6) is 0 Å². The van der Waals surface area contributed by atoms with Gasteiger partial charge in [0.2, 0.25) is 5.91 Å². The van der Waals surface area contributed by atoms with Crippen LogP contribution in [0.1, 0.15) is 155 Å². The number of carbonyl (C=O) groups is 1. The molecule has 0 bridgehead atoms. The van der Waals surface area contributed by atoms with Gasteiger partial charge in [0.15, 0.2) is 18.9 Å². The molecule has 0 aromatic carbocycles. The Labute approximate surface area is 482 Å². The van der Waals surface area contributed by atoms with Gasteiger partial charge in [0.25, 0.3) is 0 Å². The molecule has 1 amide bonds. The lowest BCUT2D eigenvalue weighted by Gasteiger charge is -2.48. The lowest BCUT2D eigenvalue weighted by Crippen LogP contribution is -2.66. The molecule has 19 heteroatoms. The van der Waals surface area contributed by atoms with E-state index >= 15 is 0 Å². The van der Waals surface area contributed by atoms with Crippen LogP contribution in [0.15, 0.2) is 97.2 Å². The van der Waals surface area contributed by atoms with Crippen molar-refractivity contribution in [2.45, 2.75) is 259 Å². The fourth-order valence-corrected chi connectivity index (χ4v) is 9.46. The minimum absolute atomic E-state index is 0.105. The molecular formula is C62H103NO18. The SMILES string of the molecule is CC/C=C\C/C=C\C/C=C\C/C=C\C/C=C\C/C=C\CCC(=O)NC(COC1OC(CO)C(OC2OC(CO)C(OC3OC(CO)C(O)C(O)C3O)C(O)C2O)C(O)C1O)C(O)/C=C/CC/C=C/CCCCCCCCCCCCC. The first-order chi connectivity index (χ1) is 39.3. The van der Waals surface area contributed by atoms with Crippen LogP contribution < -0.4 is 5.32 Å². The zero-order chi connectivity index (χ0) is 59.0. The zero-order valence-corrected chi connectivity index (χ0v) is 48.2. The summed E-state index contributed by atoms with van der Waals surface area (Å²) in [6.45, 7) is 1.51. The summed E-state index contributed by atoms with van der Waals surface area (Å²) in [4.78, 5) is 13.3. The van der Waals surface area contributed by atoms with Gasteiger partial charge in [0, 0.05) is 6.42 Å². The van der Waals surface area contributed by atoms with Gasteiger partial charge in [-0.2, -0.15) is 0 Å². The maximum atomic E-state index is 13.3. The second-order valence-electron chi connectivity index (χ2n) is 21.1. The molecule has 19 nitrogen and oxygen atoms in total. The average molecular weight is 1150 g/mol. The molecule has 17 atom stereocenters. The van der Waals surface area contributed by atoms with Crippen LogP contribution in [0, 0.1) is 0 Å². The van der Waals surface area contributed by atoms with Gasteiger partial charge in [-0.15, -0.1) is 0 Å². The van der Waals surface area contributed by atoms with E-state index in [0.717, 1.165) is 51.4 Å². The average Bonchev–Trinajstić information content (AvgIpc) is 3.51. The first kappa shape index (κ1) is 72.0. The molecule has 12 N–H and O–H groups in total. The smallest absolute Gasteiger partial charge is 0.220 e. The zero-order valence-electron chi connectivity index (χ0n) is 48.2. The van der Waals surface area contributed by atoms with Crippen molar-refractivity contribution >= 4 is 5.91 Å². The molecule has 3 heterocycles. The third kappa shape index (κ3) is 28.0. The Morgan fingerprint density at radius 3 is 1.37 bits per heavy atom. The molecule has 17 unspecified atom stereocenters. The molecule has 3 aliphatic heterocycles. The predicted octanol–water partition coefficient (Wildman–Crippen LogP) is 5.37. The van der Waals surface area contributed by atoms with E-state index in [4.69, 9.17) is 28.4 Å². The van der Waals surface area contributed by atoms with Gasteiger partial charge < -0.3 is 89.9 Å². The number of unbranched alkanes of at least 4 members (excludes halogenated alkanes) is 12. The fourth-order valence-electron chi connectivity index (χ4n) is 9.46. The molecule has 3 rings (SSSR count). The van der Waals surface area contributed by atoms with Crippen molar-refractivity contribution in [3.8, 4) is 0 Å². The number of nitrogens with one attached hydrogen (secondary N) is 1. The summed E-state index contributed by atoms with van der Waals surface area (Å²) in [7, 11) is 0. The summed E-state index contributed by atoms with van der Waals surface area (Å²) in [5.41, 5.74) is 0. The molecule has 0 saturated carbocycles. The number of rotatable bonds is 42. The molecular weight excluding hydrogens is 1050 g/mol. The number of hydrogen-bond donors (Lipinski definition) is 12. The van der Waals surface area contributed by atoms with Gasteiger partial charge in [0.05, 0.1) is 38.6 Å². The first-order valence-corrected chi connectivity index (χ1v) is 30.0. The summed E-state index contributed by atoms with van der Waals surface area (Å²) in [5.74, 6) is -0.372. The van der Waals surface area contributed by atoms with Gasteiger partial charge in [-0.25, -0.2) is 0 Å². The molecule has 81 heavy (non-hydrogen) atoms. The van der Waals surface area contributed by atoms with E-state index in [1.54, 1.807) is 6.08 Å². The Balaban J connectivity index is 1.55. The van der Waals surface area contributed by atoms with E-state index in [0.29, 0.717) is 19.3 Å². The van der Waals surface area contributed by atoms with Crippen molar-refractivity contribution in [1.82, 2.24) is 5.32 Å². The molecule has 3 aliphatic rings. The van der Waals surface area contributed by atoms with E-state index in [-0.39, 0.29) is 12.3 Å². The van der Waals surface area contributed by atoms with Gasteiger partial charge in [-0.1, -0.05) is 175 Å². The summed E-state index contributed by atoms with van der Waals surface area (Å²) in [5, 5.41) is 120. The van der Waals surface area contributed by atoms with Crippen LogP contribution in [0.4, 0.5) is 0 Å². The molecule has 464 valence electrons. The van der Waals surface area contributed by atoms with Crippen LogP contribution >= 0.6 is 0 Å². The minimum atomic E-state index is -1.99. The standard InChI is InChI=1S/C62H103NO18/c1-3-5-7-9-11-13-15-17-19-21-22-24-26-28-30-32-34-36-38-40-50(68)63-45(46(67)39-37-35-33-31-29-27-25-23-20-18-16-14-12-10-8-6-4-2)44-76-60-56(74)53(71)58(48(42-65)78-60)81-62-57(75)54(72)59(49(43-66)79-62)80-61-55(73)52(70)51(69)47(41-64)77-61/h5,7,11,13,17,19,22,24,28-31,34,36-37,39,45-49,51-62,64-67,69-75H,3-4,6,8-10,12,14-16,18,20-21,23,25-27,32-33,35,38,40-44H2,1-2H3,(H,63,68)/b7-5-,13-11-,19-17-,24-22-,30-28-,31-29+,36-34-,39-37+. The Morgan fingerprint density at radius 2 is 0.864 bits per heavy atom. The number of aliphatic hydroxyl groups excluding tert-OH is 11. The largest absolute Gasteiger partial charge is 0.394 e. The quantitative estimate of drug-likeness (QED) is 0.0270. The highest BCUT2D eigenvalue weighted by molar-refractivity contribution is 5.76. The minimum Gasteiger partial charge on any atom is -0.394 e. The van der Waals surface area contributed by atoms with Crippen molar-refractivity contribution in [1.29, 1.82) is 0 Å². The number of hydrogen-bond acceptors (Lipinski definition) is 18. The monoisotopic (exact) mass is 1150 g/mol. The lowest BCUT2D eigenvalue weighted by atomic mass is 9.96. The third-order valence-corrected chi connectivity index (χ3v) is 14.4. The van der Waals surface area contributed by atoms with Crippen LogP contribution in [0.3, 0.4) is 0 Å². The van der Waals surface area contributed by atoms with E-state index in [2.05, 4.69) is 92.1 Å². The van der Waals surface area contributed by atoms with Gasteiger partial charge in [-0.05, 0) is 70.6 Å². The number of aliphatic hydroxyl groups is 11. The fraction of sp³-hybridized carbons (Fsp3) is 0.726. The Kier molecular flexibility index (Phi) is 39.3. The van der Waals surface area contributed by atoms with E-state index in [9.17, 15) is 61.0 Å². The highest BCUT2D eigenvalue weighted by atomic mass is 16.8. The molecule has 0 spiro atoms. The number of ether oxygens (including phenoxy) is 6. The maximum Gasteiger partial charge on any atom is 0.220 e. The lowest BCUT2D eigenvalue weighted by molar-refractivity contribution is -0.379. The molecule has 0 aromatic rings. The van der Waals surface area contributed by atoms with Crippen molar-refractivity contribution in [2.75, 3.05) is 26.4 Å². The van der Waals surface area contributed by atoms with Gasteiger partial charge >= 0.3 is 0 Å². The number of amides is 1. The van der Waals surface area contributed by atoms with Crippen molar-refractivity contribution in [3.63, 3.8) is 0 Å². The van der Waals surface area contributed by atoms with E-state index < -0.39 is 131 Å². The molecule has 0 aromatic heterocycles. The first-order valence-electron chi connectivity index (χ1n) is 30.0. The summed E-state index contributed by atoms with van der Waals surface area (Å²) in [6, 6.07) is -1.04. The van der Waals surface area contributed by atoms with Gasteiger partial charge in [0.1, 0.15) is 73.2 Å². The van der Waals surface area contributed by atoms with Crippen molar-refractivity contribution < 1.29 is 89.4 Å². The molecule has 3 saturated heterocycles. The van der Waals surface area contributed by atoms with Crippen LogP contribution in [-0.2, 0) is 33.2 Å². The van der Waals surface area contributed by atoms with Gasteiger partial charge in [-0.3, -0.25) is 4.79 Å². The van der Waals surface area contributed by atoms with Crippen LogP contribution in [0.2, 0.25) is 0 Å². The summed E-state index contributed by atoms with van der Waals surface area (Å²) >= 11 is 0. The van der Waals surface area contributed by atoms with Crippen molar-refractivity contribution in [2.24, 2.45) is 0 Å². The Bertz CT molecular complexity index is 1850. The topological polar surface area (TPSA) is 307 Å². The second-order valence-corrected chi connectivity index (χ2v) is 21.1. The predicted molar refractivity (Wildman–Crippen MR) is 309 cm³/mol. The Hall–Kier alpha value is -3.29. The third-order valence-electron chi connectivity index (χ3n) is 14.4. The molecule has 0 aliphatic carbocycles. The highest BCUT2D eigenvalue weighted by Gasteiger charge is 2.53. The number of carbonyl (C=O) groups excluding carboxylic acids is 1. The van der Waals surface area contributed by atoms with E-state index in [1.165, 1.54) is 64.2 Å². The Morgan fingerprint density at radius 1 is 0.457 bits per heavy atom. The maximum absolute atomic E-state index is 13.3. The van der Waals surface area contributed by atoms with Crippen LogP contribution in [-0.4, -0.2) is 193 Å². The second kappa shape index (κ2) is 44.2. The molecule has 3 fully saturated rings. The van der Waals surface area contributed by atoms with Crippen LogP contribution in [0.25, 0.3) is 0 Å². The number of allylic oxidation sites excluding steroid dienone is 15. The summed E-state index contributed by atoms with van der Waals surface area (Å²) in [6.07, 6.45) is 28.3. The highest BCUT2D eigenvalue weighted by Crippen LogP contribution is 2.33. The summed E-state index contributed by atoms with van der Waals surface area (Å²) < 4.78 is 34.2. The van der Waals surface area contributed by atoms with E-state index in [1.807, 2.05) is 18.2 Å². The van der Waals surface area contributed by atoms with Crippen molar-refractivity contribution in [3.05, 3.63) is 97.2 Å².